The molecule has 1 amide bonds. The zero-order valence-electron chi connectivity index (χ0n) is 8.32. The predicted octanol–water partition coefficient (Wildman–Crippen LogP) is 1.27. The second-order valence-corrected chi connectivity index (χ2v) is 4.53. The Morgan fingerprint density at radius 1 is 1.07 bits per heavy atom. The molecule has 2 aliphatic rings. The van der Waals surface area contributed by atoms with Gasteiger partial charge in [0.2, 0.25) is 11.8 Å². The summed E-state index contributed by atoms with van der Waals surface area (Å²) in [6.07, 6.45) is -0.189. The van der Waals surface area contributed by atoms with Crippen molar-refractivity contribution in [2.24, 2.45) is 5.41 Å². The number of piperidine rings is 1. The van der Waals surface area contributed by atoms with Gasteiger partial charge in [-0.1, -0.05) is 0 Å². The fourth-order valence-corrected chi connectivity index (χ4v) is 2.38. The minimum Gasteiger partial charge on any atom is -0.349 e. The zero-order valence-corrected chi connectivity index (χ0v) is 8.32. The summed E-state index contributed by atoms with van der Waals surface area (Å²) in [6, 6.07) is 0. The van der Waals surface area contributed by atoms with E-state index in [1.54, 1.807) is 0 Å². The summed E-state index contributed by atoms with van der Waals surface area (Å²) in [4.78, 5) is 22.9. The minimum absolute atomic E-state index is 0.0526. The first-order valence-electron chi connectivity index (χ1n) is 5.11. The summed E-state index contributed by atoms with van der Waals surface area (Å²) in [5.41, 5.74) is -0.836. The van der Waals surface area contributed by atoms with E-state index in [4.69, 9.17) is 0 Å². The van der Waals surface area contributed by atoms with Gasteiger partial charge in [-0.25, -0.2) is 8.78 Å². The molecule has 1 saturated carbocycles. The van der Waals surface area contributed by atoms with Crippen LogP contribution in [-0.2, 0) is 9.59 Å². The molecule has 0 radical (unpaired) electrons. The molecule has 2 rings (SSSR count). The van der Waals surface area contributed by atoms with Crippen molar-refractivity contribution in [3.8, 4) is 0 Å². The summed E-state index contributed by atoms with van der Waals surface area (Å²) in [6.45, 7) is 0.0526. The lowest BCUT2D eigenvalue weighted by atomic mass is 9.68. The number of hydrogen-bond donors (Lipinski definition) is 1. The molecule has 0 aromatic carbocycles. The number of Topliss-reactive ketones (excluding diaryl/α,β-unsaturated/α-hetero) is 1. The van der Waals surface area contributed by atoms with Gasteiger partial charge in [0.1, 0.15) is 0 Å². The van der Waals surface area contributed by atoms with Crippen LogP contribution in [0.5, 0.6) is 0 Å². The summed E-state index contributed by atoms with van der Waals surface area (Å²) in [7, 11) is 0. The average Bonchev–Trinajstić information content (AvgIpc) is 2.17. The van der Waals surface area contributed by atoms with E-state index >= 15 is 0 Å². The molecule has 1 spiro atoms. The molecule has 1 aliphatic heterocycles. The van der Waals surface area contributed by atoms with Gasteiger partial charge in [0.15, 0.2) is 5.78 Å². The van der Waals surface area contributed by atoms with Crippen LogP contribution in [0, 0.1) is 5.41 Å². The van der Waals surface area contributed by atoms with Crippen LogP contribution in [0.25, 0.3) is 0 Å². The first kappa shape index (κ1) is 10.5. The minimum atomic E-state index is -2.66. The maximum absolute atomic E-state index is 13.0. The number of carbonyl (C=O) groups is 2. The summed E-state index contributed by atoms with van der Waals surface area (Å²) >= 11 is 0. The third-order valence-corrected chi connectivity index (χ3v) is 3.40. The van der Waals surface area contributed by atoms with Gasteiger partial charge < -0.3 is 5.32 Å². The maximum atomic E-state index is 13.0. The molecule has 0 bridgehead atoms. The van der Waals surface area contributed by atoms with E-state index in [2.05, 4.69) is 5.32 Å². The topological polar surface area (TPSA) is 46.2 Å². The number of rotatable bonds is 0. The highest BCUT2D eigenvalue weighted by atomic mass is 19.3. The Balaban J connectivity index is 2.13. The molecule has 1 saturated heterocycles. The van der Waals surface area contributed by atoms with Crippen molar-refractivity contribution in [1.82, 2.24) is 5.32 Å². The third-order valence-electron chi connectivity index (χ3n) is 3.40. The van der Waals surface area contributed by atoms with Crippen molar-refractivity contribution in [2.45, 2.75) is 38.0 Å². The lowest BCUT2D eigenvalue weighted by Crippen LogP contribution is -2.52. The highest BCUT2D eigenvalue weighted by Crippen LogP contribution is 2.46. The molecule has 5 heteroatoms. The SMILES string of the molecule is O=C1CNC(=O)C2(CCC(F)(F)CC2)C1. The standard InChI is InChI=1S/C10H13F2NO2/c11-10(12)3-1-9(2-4-10)5-7(14)6-13-8(9)15/h1-6H2,(H,13,15). The highest BCUT2D eigenvalue weighted by Gasteiger charge is 2.50. The Morgan fingerprint density at radius 2 is 1.67 bits per heavy atom. The van der Waals surface area contributed by atoms with Gasteiger partial charge in [-0.3, -0.25) is 9.59 Å². The second kappa shape index (κ2) is 3.25. The number of hydrogen-bond acceptors (Lipinski definition) is 2. The van der Waals surface area contributed by atoms with Crippen molar-refractivity contribution >= 4 is 11.7 Å². The number of halogens is 2. The lowest BCUT2D eigenvalue weighted by molar-refractivity contribution is -0.148. The van der Waals surface area contributed by atoms with Crippen LogP contribution in [0.1, 0.15) is 32.1 Å². The monoisotopic (exact) mass is 217 g/mol. The van der Waals surface area contributed by atoms with Crippen LogP contribution in [0.2, 0.25) is 0 Å². The normalized spacial score (nSPS) is 28.9. The van der Waals surface area contributed by atoms with Gasteiger partial charge in [0.25, 0.3) is 0 Å². The molecule has 2 fully saturated rings. The zero-order chi connectivity index (χ0) is 11.1. The Labute approximate surface area is 86.2 Å². The van der Waals surface area contributed by atoms with Crippen LogP contribution in [-0.4, -0.2) is 24.2 Å². The first-order chi connectivity index (χ1) is 6.94. The fraction of sp³-hybridized carbons (Fsp3) is 0.800. The maximum Gasteiger partial charge on any atom is 0.248 e. The molecule has 0 aromatic rings. The van der Waals surface area contributed by atoms with E-state index in [-0.39, 0.29) is 50.3 Å². The summed E-state index contributed by atoms with van der Waals surface area (Å²) in [5, 5.41) is 2.49. The van der Waals surface area contributed by atoms with Crippen molar-refractivity contribution in [3.63, 3.8) is 0 Å². The van der Waals surface area contributed by atoms with Crippen molar-refractivity contribution in [1.29, 1.82) is 0 Å². The fourth-order valence-electron chi connectivity index (χ4n) is 2.38. The van der Waals surface area contributed by atoms with Crippen LogP contribution in [0.3, 0.4) is 0 Å². The van der Waals surface area contributed by atoms with Gasteiger partial charge in [-0.15, -0.1) is 0 Å². The summed E-state index contributed by atoms with van der Waals surface area (Å²) < 4.78 is 25.9. The molecule has 1 aliphatic carbocycles. The van der Waals surface area contributed by atoms with Gasteiger partial charge in [-0.05, 0) is 12.8 Å². The smallest absolute Gasteiger partial charge is 0.248 e. The molecule has 0 atom stereocenters. The Hall–Kier alpha value is -1.00. The molecule has 0 aromatic heterocycles. The molecule has 15 heavy (non-hydrogen) atoms. The van der Waals surface area contributed by atoms with Crippen molar-refractivity contribution in [3.05, 3.63) is 0 Å². The highest BCUT2D eigenvalue weighted by molar-refractivity contribution is 5.96. The largest absolute Gasteiger partial charge is 0.349 e. The second-order valence-electron chi connectivity index (χ2n) is 4.53. The van der Waals surface area contributed by atoms with Crippen LogP contribution in [0.4, 0.5) is 8.78 Å². The van der Waals surface area contributed by atoms with Crippen LogP contribution < -0.4 is 5.32 Å². The van der Waals surface area contributed by atoms with Crippen molar-refractivity contribution < 1.29 is 18.4 Å². The number of amides is 1. The number of nitrogens with one attached hydrogen (secondary N) is 1. The Kier molecular flexibility index (Phi) is 2.28. The van der Waals surface area contributed by atoms with E-state index in [0.29, 0.717) is 0 Å². The third kappa shape index (κ3) is 1.87. The molecule has 84 valence electrons. The van der Waals surface area contributed by atoms with Crippen LogP contribution >= 0.6 is 0 Å². The average molecular weight is 217 g/mol. The quantitative estimate of drug-likeness (QED) is 0.664. The van der Waals surface area contributed by atoms with Gasteiger partial charge in [0, 0.05) is 19.3 Å². The van der Waals surface area contributed by atoms with Gasteiger partial charge in [0.05, 0.1) is 12.0 Å². The summed E-state index contributed by atoms with van der Waals surface area (Å²) in [5.74, 6) is -2.94. The lowest BCUT2D eigenvalue weighted by Gasteiger charge is -2.40. The molecule has 1 N–H and O–H groups in total. The molecular formula is C10H13F2NO2. The van der Waals surface area contributed by atoms with Crippen LogP contribution in [0.15, 0.2) is 0 Å². The molecule has 1 heterocycles. The number of carbonyl (C=O) groups excluding carboxylic acids is 2. The van der Waals surface area contributed by atoms with E-state index in [1.165, 1.54) is 0 Å². The Morgan fingerprint density at radius 3 is 2.27 bits per heavy atom. The number of alkyl halides is 2. The van der Waals surface area contributed by atoms with E-state index in [1.807, 2.05) is 0 Å². The van der Waals surface area contributed by atoms with E-state index in [9.17, 15) is 18.4 Å². The van der Waals surface area contributed by atoms with Crippen molar-refractivity contribution in [2.75, 3.05) is 6.54 Å². The first-order valence-corrected chi connectivity index (χ1v) is 5.11. The number of ketones is 1. The van der Waals surface area contributed by atoms with Gasteiger partial charge in [-0.2, -0.15) is 0 Å². The molecular weight excluding hydrogens is 204 g/mol. The Bertz CT molecular complexity index is 305. The molecule has 0 unspecified atom stereocenters. The van der Waals surface area contributed by atoms with E-state index < -0.39 is 11.3 Å². The van der Waals surface area contributed by atoms with E-state index in [0.717, 1.165) is 0 Å². The predicted molar refractivity (Wildman–Crippen MR) is 48.5 cm³/mol. The molecule has 3 nitrogen and oxygen atoms in total. The van der Waals surface area contributed by atoms with Gasteiger partial charge >= 0.3 is 0 Å².